The van der Waals surface area contributed by atoms with Crippen LogP contribution in [0.4, 0.5) is 0 Å². The molecule has 0 heterocycles. The van der Waals surface area contributed by atoms with Gasteiger partial charge in [-0.2, -0.15) is 0 Å². The highest BCUT2D eigenvalue weighted by Gasteiger charge is 2.19. The third-order valence-electron chi connectivity index (χ3n) is 2.99. The largest absolute Gasteiger partial charge is 0.383 e. The molecular formula is C16H22N2O2. The SMILES string of the molecule is CCN(C(=O)c1cccc(C#CCN)c1)C(C)COC. The first-order chi connectivity index (χ1) is 9.63. The Morgan fingerprint density at radius 2 is 2.25 bits per heavy atom. The summed E-state index contributed by atoms with van der Waals surface area (Å²) >= 11 is 0. The van der Waals surface area contributed by atoms with Crippen LogP contribution in [0.2, 0.25) is 0 Å². The maximum Gasteiger partial charge on any atom is 0.254 e. The zero-order valence-corrected chi connectivity index (χ0v) is 12.3. The molecule has 20 heavy (non-hydrogen) atoms. The highest BCUT2D eigenvalue weighted by atomic mass is 16.5. The van der Waals surface area contributed by atoms with E-state index in [0.29, 0.717) is 25.3 Å². The van der Waals surface area contributed by atoms with Crippen LogP contribution in [0.5, 0.6) is 0 Å². The Labute approximate surface area is 120 Å². The van der Waals surface area contributed by atoms with Crippen LogP contribution >= 0.6 is 0 Å². The standard InChI is InChI=1S/C16H22N2O2/c1-4-18(13(2)12-20-3)16(19)15-9-5-7-14(11-15)8-6-10-17/h5,7,9,11,13H,4,10,12,17H2,1-3H3. The summed E-state index contributed by atoms with van der Waals surface area (Å²) in [7, 11) is 1.64. The number of ether oxygens (including phenoxy) is 1. The Morgan fingerprint density at radius 3 is 2.85 bits per heavy atom. The van der Waals surface area contributed by atoms with Crippen molar-refractivity contribution in [3.63, 3.8) is 0 Å². The van der Waals surface area contributed by atoms with Crippen LogP contribution < -0.4 is 5.73 Å². The van der Waals surface area contributed by atoms with Gasteiger partial charge in [-0.05, 0) is 32.0 Å². The number of hydrogen-bond donors (Lipinski definition) is 1. The first kappa shape index (κ1) is 16.2. The van der Waals surface area contributed by atoms with Gasteiger partial charge >= 0.3 is 0 Å². The molecule has 1 atom stereocenters. The fourth-order valence-corrected chi connectivity index (χ4v) is 2.04. The number of hydrogen-bond acceptors (Lipinski definition) is 3. The molecule has 0 saturated heterocycles. The maximum absolute atomic E-state index is 12.5. The van der Waals surface area contributed by atoms with E-state index in [1.807, 2.05) is 26.0 Å². The van der Waals surface area contributed by atoms with Crippen molar-refractivity contribution in [2.75, 3.05) is 26.8 Å². The predicted octanol–water partition coefficient (Wildman–Crippen LogP) is 1.49. The molecular weight excluding hydrogens is 252 g/mol. The molecule has 0 aliphatic heterocycles. The van der Waals surface area contributed by atoms with Crippen LogP contribution in [0.1, 0.15) is 29.8 Å². The number of amides is 1. The predicted molar refractivity (Wildman–Crippen MR) is 80.4 cm³/mol. The Bertz CT molecular complexity index is 503. The van der Waals surface area contributed by atoms with Crippen molar-refractivity contribution in [2.24, 2.45) is 5.73 Å². The van der Waals surface area contributed by atoms with Crippen molar-refractivity contribution >= 4 is 5.91 Å². The molecule has 2 N–H and O–H groups in total. The Balaban J connectivity index is 2.95. The smallest absolute Gasteiger partial charge is 0.254 e. The summed E-state index contributed by atoms with van der Waals surface area (Å²) < 4.78 is 5.12. The minimum Gasteiger partial charge on any atom is -0.383 e. The molecule has 0 saturated carbocycles. The van der Waals surface area contributed by atoms with Gasteiger partial charge in [0, 0.05) is 24.8 Å². The fourth-order valence-electron chi connectivity index (χ4n) is 2.04. The van der Waals surface area contributed by atoms with Crippen LogP contribution in [0, 0.1) is 11.8 Å². The highest BCUT2D eigenvalue weighted by molar-refractivity contribution is 5.94. The van der Waals surface area contributed by atoms with E-state index < -0.39 is 0 Å². The average Bonchev–Trinajstić information content (AvgIpc) is 2.46. The summed E-state index contributed by atoms with van der Waals surface area (Å²) in [6, 6.07) is 7.35. The maximum atomic E-state index is 12.5. The minimum absolute atomic E-state index is 0.00607. The first-order valence-electron chi connectivity index (χ1n) is 6.72. The third kappa shape index (κ3) is 4.37. The van der Waals surface area contributed by atoms with Crippen molar-refractivity contribution in [3.8, 4) is 11.8 Å². The van der Waals surface area contributed by atoms with E-state index >= 15 is 0 Å². The van der Waals surface area contributed by atoms with Gasteiger partial charge in [0.15, 0.2) is 0 Å². The molecule has 108 valence electrons. The van der Waals surface area contributed by atoms with Crippen LogP contribution in [0.3, 0.4) is 0 Å². The van der Waals surface area contributed by atoms with Gasteiger partial charge < -0.3 is 15.4 Å². The molecule has 1 rings (SSSR count). The molecule has 4 heteroatoms. The zero-order chi connectivity index (χ0) is 15.0. The van der Waals surface area contributed by atoms with Crippen molar-refractivity contribution in [1.29, 1.82) is 0 Å². The summed E-state index contributed by atoms with van der Waals surface area (Å²) in [5.41, 5.74) is 6.79. The van der Waals surface area contributed by atoms with Gasteiger partial charge in [0.2, 0.25) is 0 Å². The summed E-state index contributed by atoms with van der Waals surface area (Å²) in [5, 5.41) is 0. The number of rotatable bonds is 5. The fraction of sp³-hybridized carbons (Fsp3) is 0.438. The summed E-state index contributed by atoms with van der Waals surface area (Å²) in [6.07, 6.45) is 0. The molecule has 0 fully saturated rings. The van der Waals surface area contributed by atoms with Gasteiger partial charge in [0.25, 0.3) is 5.91 Å². The van der Waals surface area contributed by atoms with E-state index in [1.54, 1.807) is 24.1 Å². The van der Waals surface area contributed by atoms with Gasteiger partial charge in [-0.1, -0.05) is 17.9 Å². The number of nitrogens with two attached hydrogens (primary N) is 1. The molecule has 0 bridgehead atoms. The van der Waals surface area contributed by atoms with Crippen LogP contribution in [-0.2, 0) is 4.74 Å². The molecule has 0 spiro atoms. The number of likely N-dealkylation sites (N-methyl/N-ethyl adjacent to an activating group) is 1. The van der Waals surface area contributed by atoms with E-state index in [2.05, 4.69) is 11.8 Å². The number of carbonyl (C=O) groups excluding carboxylic acids is 1. The third-order valence-corrected chi connectivity index (χ3v) is 2.99. The van der Waals surface area contributed by atoms with Crippen molar-refractivity contribution < 1.29 is 9.53 Å². The van der Waals surface area contributed by atoms with Crippen molar-refractivity contribution in [3.05, 3.63) is 35.4 Å². The molecule has 0 aliphatic rings. The lowest BCUT2D eigenvalue weighted by atomic mass is 10.1. The second-order valence-corrected chi connectivity index (χ2v) is 4.48. The van der Waals surface area contributed by atoms with E-state index in [9.17, 15) is 4.79 Å². The molecule has 0 radical (unpaired) electrons. The van der Waals surface area contributed by atoms with Gasteiger partial charge in [0.05, 0.1) is 19.2 Å². The van der Waals surface area contributed by atoms with E-state index in [4.69, 9.17) is 10.5 Å². The molecule has 0 aliphatic carbocycles. The highest BCUT2D eigenvalue weighted by Crippen LogP contribution is 2.11. The first-order valence-corrected chi connectivity index (χ1v) is 6.72. The number of benzene rings is 1. The monoisotopic (exact) mass is 274 g/mol. The second kappa shape index (κ2) is 8.36. The summed E-state index contributed by atoms with van der Waals surface area (Å²) in [5.74, 6) is 5.72. The van der Waals surface area contributed by atoms with Gasteiger partial charge in [-0.3, -0.25) is 4.79 Å². The topological polar surface area (TPSA) is 55.6 Å². The molecule has 1 aromatic carbocycles. The molecule has 4 nitrogen and oxygen atoms in total. The lowest BCUT2D eigenvalue weighted by molar-refractivity contribution is 0.0579. The second-order valence-electron chi connectivity index (χ2n) is 4.48. The quantitative estimate of drug-likeness (QED) is 0.828. The molecule has 1 amide bonds. The number of carbonyl (C=O) groups is 1. The van der Waals surface area contributed by atoms with Gasteiger partial charge in [-0.15, -0.1) is 0 Å². The van der Waals surface area contributed by atoms with Crippen LogP contribution in [0.15, 0.2) is 24.3 Å². The van der Waals surface area contributed by atoms with Crippen LogP contribution in [-0.4, -0.2) is 43.7 Å². The van der Waals surface area contributed by atoms with Crippen molar-refractivity contribution in [1.82, 2.24) is 4.90 Å². The molecule has 1 unspecified atom stereocenters. The Hall–Kier alpha value is -1.83. The molecule has 0 aromatic heterocycles. The number of nitrogens with zero attached hydrogens (tertiary/aromatic N) is 1. The van der Waals surface area contributed by atoms with E-state index in [-0.39, 0.29) is 11.9 Å². The Morgan fingerprint density at radius 1 is 1.50 bits per heavy atom. The number of methoxy groups -OCH3 is 1. The summed E-state index contributed by atoms with van der Waals surface area (Å²) in [6.45, 7) is 5.41. The van der Waals surface area contributed by atoms with Crippen molar-refractivity contribution in [2.45, 2.75) is 19.9 Å². The van der Waals surface area contributed by atoms with Gasteiger partial charge in [0.1, 0.15) is 0 Å². The average molecular weight is 274 g/mol. The summed E-state index contributed by atoms with van der Waals surface area (Å²) in [4.78, 5) is 14.3. The zero-order valence-electron chi connectivity index (χ0n) is 12.3. The van der Waals surface area contributed by atoms with Gasteiger partial charge in [-0.25, -0.2) is 0 Å². The molecule has 1 aromatic rings. The van der Waals surface area contributed by atoms with E-state index in [0.717, 1.165) is 5.56 Å². The Kier molecular flexibility index (Phi) is 6.78. The lowest BCUT2D eigenvalue weighted by Gasteiger charge is -2.27. The lowest BCUT2D eigenvalue weighted by Crippen LogP contribution is -2.40. The minimum atomic E-state index is -0.00607. The normalized spacial score (nSPS) is 11.4. The van der Waals surface area contributed by atoms with Crippen LogP contribution in [0.25, 0.3) is 0 Å². The van der Waals surface area contributed by atoms with E-state index in [1.165, 1.54) is 0 Å².